The zero-order valence-electron chi connectivity index (χ0n) is 22.6. The summed E-state index contributed by atoms with van der Waals surface area (Å²) in [5.41, 5.74) is 1.28. The van der Waals surface area contributed by atoms with Crippen molar-refractivity contribution in [2.45, 2.75) is 69.8 Å². The second-order valence-electron chi connectivity index (χ2n) is 12.0. The lowest BCUT2D eigenvalue weighted by molar-refractivity contribution is -0.143. The number of carboxylic acid groups (broad SMARTS) is 1. The smallest absolute Gasteiger partial charge is 0.320 e. The second kappa shape index (κ2) is 11.9. The van der Waals surface area contributed by atoms with Crippen LogP contribution in [0.15, 0.2) is 36.4 Å². The normalized spacial score (nSPS) is 24.2. The van der Waals surface area contributed by atoms with Gasteiger partial charge in [-0.2, -0.15) is 13.9 Å². The van der Waals surface area contributed by atoms with Gasteiger partial charge in [-0.3, -0.25) is 9.69 Å². The molecule has 0 amide bonds. The van der Waals surface area contributed by atoms with Crippen LogP contribution in [0.1, 0.15) is 67.8 Å². The summed E-state index contributed by atoms with van der Waals surface area (Å²) in [6.45, 7) is 5.48. The minimum Gasteiger partial charge on any atom is -0.480 e. The molecule has 212 valence electrons. The number of carbonyl (C=O) groups is 1. The molecule has 9 heteroatoms. The van der Waals surface area contributed by atoms with Crippen molar-refractivity contribution < 1.29 is 23.1 Å². The molecule has 3 heterocycles. The van der Waals surface area contributed by atoms with Gasteiger partial charge in [0.05, 0.1) is 5.69 Å². The number of hydrogen-bond donors (Lipinski definition) is 1. The molecule has 0 spiro atoms. The van der Waals surface area contributed by atoms with Gasteiger partial charge in [-0.1, -0.05) is 25.0 Å². The monoisotopic (exact) mass is 544 g/mol. The van der Waals surface area contributed by atoms with Gasteiger partial charge in [0.15, 0.2) is 0 Å². The van der Waals surface area contributed by atoms with Gasteiger partial charge in [-0.25, -0.2) is 4.39 Å². The molecule has 6 nitrogen and oxygen atoms in total. The van der Waals surface area contributed by atoms with Crippen molar-refractivity contribution in [3.63, 3.8) is 0 Å². The molecule has 1 aromatic carbocycles. The summed E-state index contributed by atoms with van der Waals surface area (Å²) in [6.07, 6.45) is 4.82. The van der Waals surface area contributed by atoms with E-state index < -0.39 is 17.9 Å². The first-order valence-electron chi connectivity index (χ1n) is 14.3. The van der Waals surface area contributed by atoms with Crippen LogP contribution in [0.5, 0.6) is 0 Å². The van der Waals surface area contributed by atoms with Crippen LogP contribution in [0.3, 0.4) is 0 Å². The lowest BCUT2D eigenvalue weighted by Gasteiger charge is -2.35. The Labute approximate surface area is 228 Å². The van der Waals surface area contributed by atoms with E-state index in [-0.39, 0.29) is 35.7 Å². The van der Waals surface area contributed by atoms with Crippen molar-refractivity contribution in [1.29, 1.82) is 0 Å². The van der Waals surface area contributed by atoms with Crippen molar-refractivity contribution in [3.8, 4) is 0 Å². The minimum absolute atomic E-state index is 0.0637. The molecule has 1 saturated carbocycles. The maximum Gasteiger partial charge on any atom is 0.320 e. The van der Waals surface area contributed by atoms with Crippen LogP contribution < -0.4 is 0 Å². The van der Waals surface area contributed by atoms with E-state index in [0.717, 1.165) is 50.9 Å². The van der Waals surface area contributed by atoms with Gasteiger partial charge < -0.3 is 10.0 Å². The zero-order valence-corrected chi connectivity index (χ0v) is 22.6. The minimum atomic E-state index is -2.98. The Morgan fingerprint density at radius 3 is 2.49 bits per heavy atom. The number of aryl methyl sites for hydroxylation is 1. The van der Waals surface area contributed by atoms with Gasteiger partial charge in [0.25, 0.3) is 5.92 Å². The third-order valence-corrected chi connectivity index (χ3v) is 8.96. The van der Waals surface area contributed by atoms with Gasteiger partial charge >= 0.3 is 5.97 Å². The molecular weight excluding hydrogens is 505 g/mol. The molecule has 3 fully saturated rings. The number of rotatable bonds is 11. The molecule has 2 aliphatic heterocycles. The molecule has 1 aromatic heterocycles. The molecule has 5 rings (SSSR count). The average Bonchev–Trinajstić information content (AvgIpc) is 3.65. The van der Waals surface area contributed by atoms with Gasteiger partial charge in [-0.15, -0.1) is 5.10 Å². The highest BCUT2D eigenvalue weighted by Crippen LogP contribution is 2.40. The van der Waals surface area contributed by atoms with Gasteiger partial charge in [0.2, 0.25) is 0 Å². The first kappa shape index (κ1) is 28.0. The van der Waals surface area contributed by atoms with Crippen molar-refractivity contribution >= 4 is 5.97 Å². The number of aliphatic carboxylic acids is 1. The summed E-state index contributed by atoms with van der Waals surface area (Å²) in [5, 5.41) is 17.4. The maximum absolute atomic E-state index is 14.7. The molecule has 0 bridgehead atoms. The van der Waals surface area contributed by atoms with E-state index in [0.29, 0.717) is 37.5 Å². The molecule has 1 aliphatic carbocycles. The van der Waals surface area contributed by atoms with Crippen LogP contribution in [0.2, 0.25) is 0 Å². The number of likely N-dealkylation sites (tertiary alicyclic amines) is 2. The molecule has 3 atom stereocenters. The first-order chi connectivity index (χ1) is 18.7. The van der Waals surface area contributed by atoms with Crippen LogP contribution in [-0.4, -0.2) is 69.8 Å². The lowest BCUT2D eigenvalue weighted by Crippen LogP contribution is -2.42. The van der Waals surface area contributed by atoms with Crippen molar-refractivity contribution in [3.05, 3.63) is 59.2 Å². The van der Waals surface area contributed by atoms with Crippen LogP contribution in [0.4, 0.5) is 13.2 Å². The quantitative estimate of drug-likeness (QED) is 0.404. The number of alkyl halides is 2. The first-order valence-corrected chi connectivity index (χ1v) is 14.3. The molecule has 39 heavy (non-hydrogen) atoms. The Morgan fingerprint density at radius 1 is 1.08 bits per heavy atom. The van der Waals surface area contributed by atoms with Crippen molar-refractivity contribution in [2.75, 3.05) is 32.7 Å². The summed E-state index contributed by atoms with van der Waals surface area (Å²) < 4.78 is 43.5. The molecule has 2 aromatic rings. The van der Waals surface area contributed by atoms with E-state index >= 15 is 0 Å². The molecule has 2 saturated heterocycles. The van der Waals surface area contributed by atoms with Crippen LogP contribution in [0, 0.1) is 30.5 Å². The zero-order chi connectivity index (χ0) is 27.6. The van der Waals surface area contributed by atoms with Gasteiger partial charge in [0.1, 0.15) is 17.6 Å². The average molecular weight is 545 g/mol. The van der Waals surface area contributed by atoms with Crippen molar-refractivity contribution in [2.24, 2.45) is 17.8 Å². The second-order valence-corrected chi connectivity index (χ2v) is 12.0. The summed E-state index contributed by atoms with van der Waals surface area (Å²) in [5.74, 6) is -3.03. The summed E-state index contributed by atoms with van der Waals surface area (Å²) in [4.78, 5) is 16.6. The molecule has 1 N–H and O–H groups in total. The van der Waals surface area contributed by atoms with E-state index in [9.17, 15) is 23.1 Å². The van der Waals surface area contributed by atoms with Gasteiger partial charge in [-0.05, 0) is 93.3 Å². The number of benzene rings is 1. The Hall–Kier alpha value is -2.52. The standard InChI is InChI=1S/C30H39F3N4O2/c1-20-5-8-28(35-34-20)30(32,33)12-9-21-10-13-36(14-11-21)17-24-18-37(27(29(38)39)15-22-6-7-22)19-26(24)23-3-2-4-25(31)16-23/h2-5,8,16,21-22,24,26-27H,6-7,9-15,17-19H2,1H3,(H,38,39). The Bertz CT molecular complexity index is 1120. The Balaban J connectivity index is 1.18. The predicted molar refractivity (Wildman–Crippen MR) is 142 cm³/mol. The third-order valence-electron chi connectivity index (χ3n) is 8.96. The van der Waals surface area contributed by atoms with E-state index in [4.69, 9.17) is 0 Å². The predicted octanol–water partition coefficient (Wildman–Crippen LogP) is 5.48. The number of piperidine rings is 1. The maximum atomic E-state index is 14.7. The molecular formula is C30H39F3N4O2. The highest BCUT2D eigenvalue weighted by Gasteiger charge is 2.42. The summed E-state index contributed by atoms with van der Waals surface area (Å²) >= 11 is 0. The topological polar surface area (TPSA) is 69.6 Å². The fourth-order valence-electron chi connectivity index (χ4n) is 6.43. The number of aromatic nitrogens is 2. The number of nitrogens with zero attached hydrogens (tertiary/aromatic N) is 4. The SMILES string of the molecule is Cc1ccc(C(F)(F)CCC2CCN(CC3CN(C(CC4CC4)C(=O)O)CC3c3cccc(F)c3)CC2)nn1. The highest BCUT2D eigenvalue weighted by atomic mass is 19.3. The number of halogens is 3. The molecule has 0 radical (unpaired) electrons. The Kier molecular flexibility index (Phi) is 8.57. The van der Waals surface area contributed by atoms with Crippen LogP contribution in [0.25, 0.3) is 0 Å². The fraction of sp³-hybridized carbons (Fsp3) is 0.633. The van der Waals surface area contributed by atoms with E-state index in [1.807, 2.05) is 6.07 Å². The highest BCUT2D eigenvalue weighted by molar-refractivity contribution is 5.73. The van der Waals surface area contributed by atoms with E-state index in [1.54, 1.807) is 25.1 Å². The largest absolute Gasteiger partial charge is 0.480 e. The number of hydrogen-bond acceptors (Lipinski definition) is 5. The van der Waals surface area contributed by atoms with E-state index in [2.05, 4.69) is 20.0 Å². The summed E-state index contributed by atoms with van der Waals surface area (Å²) in [6, 6.07) is 9.15. The van der Waals surface area contributed by atoms with Crippen LogP contribution >= 0.6 is 0 Å². The molecule has 3 unspecified atom stereocenters. The van der Waals surface area contributed by atoms with Gasteiger partial charge in [0, 0.05) is 32.0 Å². The lowest BCUT2D eigenvalue weighted by atomic mass is 9.86. The number of carboxylic acids is 1. The third kappa shape index (κ3) is 7.17. The molecule has 3 aliphatic rings. The van der Waals surface area contributed by atoms with Crippen LogP contribution in [-0.2, 0) is 10.7 Å². The van der Waals surface area contributed by atoms with E-state index in [1.165, 1.54) is 12.1 Å². The Morgan fingerprint density at radius 2 is 1.85 bits per heavy atom. The summed E-state index contributed by atoms with van der Waals surface area (Å²) in [7, 11) is 0. The van der Waals surface area contributed by atoms with Crippen molar-refractivity contribution in [1.82, 2.24) is 20.0 Å². The fourth-order valence-corrected chi connectivity index (χ4v) is 6.43.